The van der Waals surface area contributed by atoms with E-state index in [9.17, 15) is 8.60 Å². The highest BCUT2D eigenvalue weighted by Crippen LogP contribution is 2.30. The molecule has 0 aromatic carbocycles. The minimum atomic E-state index is -1.12. The van der Waals surface area contributed by atoms with Gasteiger partial charge in [0.25, 0.3) is 0 Å². The maximum Gasteiger partial charge on any atom is 0.224 e. The fourth-order valence-corrected chi connectivity index (χ4v) is 3.63. The van der Waals surface area contributed by atoms with Crippen molar-refractivity contribution < 1.29 is 8.60 Å². The lowest BCUT2D eigenvalue weighted by molar-refractivity contribution is 0.585. The van der Waals surface area contributed by atoms with Crippen LogP contribution in [-0.4, -0.2) is 19.9 Å². The first kappa shape index (κ1) is 12.7. The maximum absolute atomic E-state index is 13.2. The summed E-state index contributed by atoms with van der Waals surface area (Å²) in [6.45, 7) is 0. The highest BCUT2D eigenvalue weighted by Gasteiger charge is 2.26. The second kappa shape index (κ2) is 5.02. The Hall–Kier alpha value is -1.27. The van der Waals surface area contributed by atoms with E-state index in [0.29, 0.717) is 47.1 Å². The fraction of sp³-hybridized carbons (Fsp3) is 0.333. The van der Waals surface area contributed by atoms with Crippen LogP contribution in [0.2, 0.25) is 5.28 Å². The first-order valence-corrected chi connectivity index (χ1v) is 7.61. The predicted molar refractivity (Wildman–Crippen MR) is 72.2 cm³/mol. The summed E-state index contributed by atoms with van der Waals surface area (Å²) < 4.78 is 25.2. The zero-order valence-corrected chi connectivity index (χ0v) is 11.5. The second-order valence-corrected chi connectivity index (χ2v) is 6.18. The van der Waals surface area contributed by atoms with E-state index in [-0.39, 0.29) is 11.1 Å². The van der Waals surface area contributed by atoms with Crippen molar-refractivity contribution in [3.63, 3.8) is 0 Å². The summed E-state index contributed by atoms with van der Waals surface area (Å²) in [5, 5.41) is 3.11. The molecule has 1 aromatic heterocycles. The highest BCUT2D eigenvalue weighted by molar-refractivity contribution is 7.85. The van der Waals surface area contributed by atoms with Gasteiger partial charge in [-0.15, -0.1) is 0 Å². The molecule has 1 N–H and O–H groups in total. The summed E-state index contributed by atoms with van der Waals surface area (Å²) in [6, 6.07) is 0. The molecule has 3 rings (SSSR count). The molecule has 1 aliphatic heterocycles. The zero-order chi connectivity index (χ0) is 13.4. The van der Waals surface area contributed by atoms with Crippen molar-refractivity contribution in [3.05, 3.63) is 34.7 Å². The first-order valence-electron chi connectivity index (χ1n) is 5.91. The summed E-state index contributed by atoms with van der Waals surface area (Å²) in [5.41, 5.74) is 1.33. The van der Waals surface area contributed by atoms with Crippen LogP contribution in [0.1, 0.15) is 18.5 Å². The number of rotatable bonds is 2. The van der Waals surface area contributed by atoms with Crippen molar-refractivity contribution in [1.82, 2.24) is 9.97 Å². The lowest BCUT2D eigenvalue weighted by Crippen LogP contribution is -2.07. The van der Waals surface area contributed by atoms with Crippen molar-refractivity contribution in [2.75, 3.05) is 11.1 Å². The Morgan fingerprint density at radius 3 is 3.00 bits per heavy atom. The van der Waals surface area contributed by atoms with Crippen LogP contribution < -0.4 is 5.32 Å². The van der Waals surface area contributed by atoms with Crippen molar-refractivity contribution in [2.45, 2.75) is 24.2 Å². The van der Waals surface area contributed by atoms with Gasteiger partial charge in [-0.1, -0.05) is 6.08 Å². The quantitative estimate of drug-likeness (QED) is 0.853. The van der Waals surface area contributed by atoms with Crippen LogP contribution in [-0.2, 0) is 17.2 Å². The van der Waals surface area contributed by atoms with Gasteiger partial charge in [-0.05, 0) is 24.1 Å². The number of hydrogen-bond acceptors (Lipinski definition) is 4. The molecule has 0 saturated heterocycles. The normalized spacial score (nSPS) is 21.7. The Labute approximate surface area is 117 Å². The molecule has 0 bridgehead atoms. The van der Waals surface area contributed by atoms with Crippen LogP contribution in [0.3, 0.4) is 0 Å². The van der Waals surface area contributed by atoms with Crippen molar-refractivity contribution >= 4 is 28.2 Å². The average molecular weight is 300 g/mol. The number of hydrogen-bond donors (Lipinski definition) is 1. The Morgan fingerprint density at radius 1 is 1.37 bits per heavy atom. The Bertz CT molecular complexity index is 630. The zero-order valence-electron chi connectivity index (χ0n) is 9.95. The van der Waals surface area contributed by atoms with Gasteiger partial charge in [0.1, 0.15) is 10.7 Å². The molecule has 1 aliphatic carbocycles. The number of aryl methyl sites for hydroxylation is 1. The molecular weight excluding hydrogens is 289 g/mol. The average Bonchev–Trinajstić information content (AvgIpc) is 2.71. The molecular formula is C12H11ClFN3OS. The summed E-state index contributed by atoms with van der Waals surface area (Å²) in [4.78, 5) is 8.74. The molecule has 0 spiro atoms. The second-order valence-electron chi connectivity index (χ2n) is 4.33. The molecule has 0 amide bonds. The van der Waals surface area contributed by atoms with Gasteiger partial charge in [0.05, 0.1) is 16.5 Å². The third kappa shape index (κ3) is 2.55. The topological polar surface area (TPSA) is 54.9 Å². The molecule has 100 valence electrons. The van der Waals surface area contributed by atoms with E-state index in [2.05, 4.69) is 15.3 Å². The molecule has 7 heteroatoms. The Morgan fingerprint density at radius 2 is 2.21 bits per heavy atom. The molecule has 2 heterocycles. The van der Waals surface area contributed by atoms with Gasteiger partial charge < -0.3 is 5.32 Å². The lowest BCUT2D eigenvalue weighted by atomic mass is 10.1. The van der Waals surface area contributed by atoms with E-state index in [1.807, 2.05) is 6.08 Å². The number of nitrogens with one attached hydrogen (secondary N) is 1. The van der Waals surface area contributed by atoms with Gasteiger partial charge in [0, 0.05) is 24.3 Å². The van der Waals surface area contributed by atoms with Gasteiger partial charge >= 0.3 is 0 Å². The van der Waals surface area contributed by atoms with Gasteiger partial charge in [-0.25, -0.2) is 9.37 Å². The summed E-state index contributed by atoms with van der Waals surface area (Å²) in [7, 11) is -1.12. The van der Waals surface area contributed by atoms with Gasteiger partial charge in [-0.3, -0.25) is 4.21 Å². The minimum absolute atomic E-state index is 0.112. The van der Waals surface area contributed by atoms with Crippen LogP contribution in [0.5, 0.6) is 0 Å². The van der Waals surface area contributed by atoms with E-state index in [1.165, 1.54) is 6.08 Å². The minimum Gasteiger partial charge on any atom is -0.339 e. The van der Waals surface area contributed by atoms with Crippen LogP contribution in [0, 0.1) is 0 Å². The van der Waals surface area contributed by atoms with Gasteiger partial charge in [0.15, 0.2) is 5.82 Å². The van der Waals surface area contributed by atoms with E-state index in [0.717, 1.165) is 0 Å². The molecule has 4 nitrogen and oxygen atoms in total. The summed E-state index contributed by atoms with van der Waals surface area (Å²) >= 11 is 5.85. The third-order valence-electron chi connectivity index (χ3n) is 2.98. The van der Waals surface area contributed by atoms with E-state index < -0.39 is 10.8 Å². The highest BCUT2D eigenvalue weighted by atomic mass is 35.5. The predicted octanol–water partition coefficient (Wildman–Crippen LogP) is 2.74. The third-order valence-corrected chi connectivity index (χ3v) is 4.61. The molecule has 19 heavy (non-hydrogen) atoms. The lowest BCUT2D eigenvalue weighted by Gasteiger charge is -2.13. The summed E-state index contributed by atoms with van der Waals surface area (Å²) in [5.74, 6) is 0.772. The smallest absolute Gasteiger partial charge is 0.224 e. The molecule has 1 aromatic rings. The summed E-state index contributed by atoms with van der Waals surface area (Å²) in [6.07, 6.45) is 4.98. The standard InChI is InChI=1S/C12H11ClFN3OS/c13-12-16-9-4-5-19(18)10(9)11(17-12)15-8-3-1-2-7(14)6-8/h3,6H,1-2,4-5H2,(H,15,16,17). The maximum atomic E-state index is 13.2. The number of anilines is 1. The number of halogens is 2. The fourth-order valence-electron chi connectivity index (χ4n) is 2.14. The van der Waals surface area contributed by atoms with E-state index in [4.69, 9.17) is 11.6 Å². The molecule has 0 radical (unpaired) electrons. The van der Waals surface area contributed by atoms with Crippen molar-refractivity contribution in [3.8, 4) is 0 Å². The van der Waals surface area contributed by atoms with Crippen molar-refractivity contribution in [2.24, 2.45) is 0 Å². The monoisotopic (exact) mass is 299 g/mol. The van der Waals surface area contributed by atoms with E-state index in [1.54, 1.807) is 0 Å². The largest absolute Gasteiger partial charge is 0.339 e. The Balaban J connectivity index is 1.98. The first-order chi connectivity index (χ1) is 9.13. The van der Waals surface area contributed by atoms with E-state index >= 15 is 0 Å². The van der Waals surface area contributed by atoms with Crippen LogP contribution >= 0.6 is 11.6 Å². The number of allylic oxidation sites excluding steroid dienone is 3. The van der Waals surface area contributed by atoms with Crippen LogP contribution in [0.25, 0.3) is 0 Å². The molecule has 0 fully saturated rings. The van der Waals surface area contributed by atoms with Crippen LogP contribution in [0.4, 0.5) is 10.2 Å². The molecule has 1 unspecified atom stereocenters. The van der Waals surface area contributed by atoms with Crippen molar-refractivity contribution in [1.29, 1.82) is 0 Å². The number of aromatic nitrogens is 2. The van der Waals surface area contributed by atoms with Gasteiger partial charge in [-0.2, -0.15) is 4.98 Å². The SMILES string of the molecule is O=S1CCc2nc(Cl)nc(NC3=CCCC(F)=C3)c21. The number of nitrogens with zero attached hydrogens (tertiary/aromatic N) is 2. The van der Waals surface area contributed by atoms with Gasteiger partial charge in [0.2, 0.25) is 5.28 Å². The molecule has 1 atom stereocenters. The molecule has 0 saturated carbocycles. The van der Waals surface area contributed by atoms with Crippen LogP contribution in [0.15, 0.2) is 28.6 Å². The number of fused-ring (bicyclic) bond motifs is 1. The Kier molecular flexibility index (Phi) is 3.36. The molecule has 2 aliphatic rings.